The van der Waals surface area contributed by atoms with Crippen molar-refractivity contribution in [3.05, 3.63) is 28.2 Å². The zero-order valence-corrected chi connectivity index (χ0v) is 13.0. The molecule has 0 amide bonds. The molecule has 2 saturated heterocycles. The van der Waals surface area contributed by atoms with Gasteiger partial charge in [-0.3, -0.25) is 4.79 Å². The molecule has 1 aromatic rings. The van der Waals surface area contributed by atoms with Crippen LogP contribution in [0.5, 0.6) is 0 Å². The third-order valence-electron chi connectivity index (χ3n) is 4.48. The summed E-state index contributed by atoms with van der Waals surface area (Å²) in [6, 6.07) is 1.56. The number of nitrogens with zero attached hydrogens (tertiary/aromatic N) is 1. The number of hydrogen-bond acceptors (Lipinski definition) is 5. The van der Waals surface area contributed by atoms with Gasteiger partial charge in [-0.15, -0.1) is 0 Å². The zero-order chi connectivity index (χ0) is 16.2. The second kappa shape index (κ2) is 7.14. The van der Waals surface area contributed by atoms with Crippen LogP contribution < -0.4 is 10.9 Å². The van der Waals surface area contributed by atoms with Crippen LogP contribution in [-0.4, -0.2) is 48.1 Å². The minimum absolute atomic E-state index is 0.00600. The third kappa shape index (κ3) is 3.73. The summed E-state index contributed by atoms with van der Waals surface area (Å²) in [7, 11) is 0. The van der Waals surface area contributed by atoms with Gasteiger partial charge in [0.1, 0.15) is 0 Å². The van der Waals surface area contributed by atoms with Crippen molar-refractivity contribution in [2.45, 2.75) is 37.8 Å². The fourth-order valence-electron chi connectivity index (χ4n) is 3.15. The number of aromatic carboxylic acids is 1. The fraction of sp³-hybridized carbons (Fsp3) is 0.625. The van der Waals surface area contributed by atoms with E-state index in [2.05, 4.69) is 5.32 Å². The first kappa shape index (κ1) is 16.0. The average Bonchev–Trinajstić information content (AvgIpc) is 2.56. The highest BCUT2D eigenvalue weighted by molar-refractivity contribution is 5.93. The van der Waals surface area contributed by atoms with E-state index in [0.717, 1.165) is 25.7 Å². The van der Waals surface area contributed by atoms with Gasteiger partial charge in [-0.25, -0.2) is 4.79 Å². The number of pyridine rings is 1. The standard InChI is InChI=1S/C16H22N2O5/c19-15-9-14(17-11-1-5-22-6-2-11)13(16(20)21)10-18(15)12-3-7-23-8-4-12/h9-12,17H,1-8H2,(H,20,21). The lowest BCUT2D eigenvalue weighted by Gasteiger charge is -2.27. The van der Waals surface area contributed by atoms with E-state index < -0.39 is 5.97 Å². The number of aromatic nitrogens is 1. The van der Waals surface area contributed by atoms with Gasteiger partial charge in [0.25, 0.3) is 5.56 Å². The summed E-state index contributed by atoms with van der Waals surface area (Å²) in [4.78, 5) is 24.0. The summed E-state index contributed by atoms with van der Waals surface area (Å²) in [5.74, 6) is -1.03. The van der Waals surface area contributed by atoms with Crippen LogP contribution >= 0.6 is 0 Å². The third-order valence-corrected chi connectivity index (χ3v) is 4.48. The van der Waals surface area contributed by atoms with E-state index in [1.165, 1.54) is 12.3 Å². The summed E-state index contributed by atoms with van der Waals surface area (Å²) in [5.41, 5.74) is 0.372. The Hall–Kier alpha value is -1.86. The van der Waals surface area contributed by atoms with E-state index in [4.69, 9.17) is 9.47 Å². The van der Waals surface area contributed by atoms with Crippen LogP contribution in [0.25, 0.3) is 0 Å². The first-order valence-electron chi connectivity index (χ1n) is 8.06. The zero-order valence-electron chi connectivity index (χ0n) is 13.0. The molecular formula is C16H22N2O5. The first-order valence-corrected chi connectivity index (χ1v) is 8.06. The average molecular weight is 322 g/mol. The normalized spacial score (nSPS) is 20.3. The molecular weight excluding hydrogens is 300 g/mol. The van der Waals surface area contributed by atoms with Crippen LogP contribution in [0.2, 0.25) is 0 Å². The number of carboxylic acid groups (broad SMARTS) is 1. The van der Waals surface area contributed by atoms with Gasteiger partial charge >= 0.3 is 5.97 Å². The minimum Gasteiger partial charge on any atom is -0.478 e. The molecule has 7 heteroatoms. The number of carbonyl (C=O) groups is 1. The second-order valence-electron chi connectivity index (χ2n) is 6.03. The molecule has 2 fully saturated rings. The van der Waals surface area contributed by atoms with Crippen molar-refractivity contribution < 1.29 is 19.4 Å². The first-order chi connectivity index (χ1) is 11.1. The Morgan fingerprint density at radius 1 is 1.13 bits per heavy atom. The predicted molar refractivity (Wildman–Crippen MR) is 84.2 cm³/mol. The monoisotopic (exact) mass is 322 g/mol. The number of rotatable bonds is 4. The number of carboxylic acids is 1. The minimum atomic E-state index is -1.03. The van der Waals surface area contributed by atoms with Crippen molar-refractivity contribution in [3.63, 3.8) is 0 Å². The topological polar surface area (TPSA) is 89.8 Å². The van der Waals surface area contributed by atoms with Crippen molar-refractivity contribution in [2.24, 2.45) is 0 Å². The molecule has 0 aliphatic carbocycles. The van der Waals surface area contributed by atoms with Gasteiger partial charge in [0, 0.05) is 50.8 Å². The fourth-order valence-corrected chi connectivity index (χ4v) is 3.15. The Morgan fingerprint density at radius 2 is 1.74 bits per heavy atom. The molecule has 23 heavy (non-hydrogen) atoms. The lowest BCUT2D eigenvalue weighted by atomic mass is 10.1. The van der Waals surface area contributed by atoms with Gasteiger partial charge in [0.05, 0.1) is 11.3 Å². The molecule has 0 bridgehead atoms. The van der Waals surface area contributed by atoms with E-state index in [0.29, 0.717) is 32.1 Å². The molecule has 3 rings (SSSR count). The molecule has 0 unspecified atom stereocenters. The molecule has 126 valence electrons. The van der Waals surface area contributed by atoms with E-state index >= 15 is 0 Å². The van der Waals surface area contributed by atoms with Crippen molar-refractivity contribution in [1.29, 1.82) is 0 Å². The molecule has 3 heterocycles. The van der Waals surface area contributed by atoms with Gasteiger partial charge in [-0.2, -0.15) is 0 Å². The Labute approximate surface area is 134 Å². The lowest BCUT2D eigenvalue weighted by Crippen LogP contribution is -2.32. The Kier molecular flexibility index (Phi) is 4.97. The quantitative estimate of drug-likeness (QED) is 0.873. The molecule has 1 aromatic heterocycles. The summed E-state index contributed by atoms with van der Waals surface area (Å²) in [6.07, 6.45) is 4.55. The van der Waals surface area contributed by atoms with Gasteiger partial charge in [0.15, 0.2) is 0 Å². The Morgan fingerprint density at radius 3 is 2.35 bits per heavy atom. The van der Waals surface area contributed by atoms with E-state index in [1.807, 2.05) is 0 Å². The smallest absolute Gasteiger partial charge is 0.339 e. The molecule has 2 aliphatic rings. The molecule has 0 spiro atoms. The maximum atomic E-state index is 12.4. The van der Waals surface area contributed by atoms with E-state index in [9.17, 15) is 14.7 Å². The molecule has 0 atom stereocenters. The molecule has 2 aliphatic heterocycles. The summed E-state index contributed by atoms with van der Waals surface area (Å²) >= 11 is 0. The van der Waals surface area contributed by atoms with Crippen LogP contribution in [-0.2, 0) is 9.47 Å². The number of hydrogen-bond donors (Lipinski definition) is 2. The van der Waals surface area contributed by atoms with Crippen molar-refractivity contribution >= 4 is 11.7 Å². The summed E-state index contributed by atoms with van der Waals surface area (Å²) in [5, 5.41) is 12.7. The molecule has 7 nitrogen and oxygen atoms in total. The van der Waals surface area contributed by atoms with Crippen LogP contribution in [0.15, 0.2) is 17.1 Å². The second-order valence-corrected chi connectivity index (χ2v) is 6.03. The highest BCUT2D eigenvalue weighted by Crippen LogP contribution is 2.23. The van der Waals surface area contributed by atoms with Gasteiger partial charge in [-0.05, 0) is 25.7 Å². The summed E-state index contributed by atoms with van der Waals surface area (Å²) < 4.78 is 12.2. The number of anilines is 1. The summed E-state index contributed by atoms with van der Waals surface area (Å²) in [6.45, 7) is 2.50. The maximum Gasteiger partial charge on any atom is 0.339 e. The van der Waals surface area contributed by atoms with Crippen molar-refractivity contribution in [3.8, 4) is 0 Å². The van der Waals surface area contributed by atoms with Crippen LogP contribution in [0.4, 0.5) is 5.69 Å². The number of nitrogens with one attached hydrogen (secondary N) is 1. The van der Waals surface area contributed by atoms with Gasteiger partial charge < -0.3 is 24.5 Å². The van der Waals surface area contributed by atoms with Crippen LogP contribution in [0, 0.1) is 0 Å². The predicted octanol–water partition coefficient (Wildman–Crippen LogP) is 1.49. The lowest BCUT2D eigenvalue weighted by molar-refractivity contribution is 0.0671. The van der Waals surface area contributed by atoms with Crippen molar-refractivity contribution in [2.75, 3.05) is 31.7 Å². The van der Waals surface area contributed by atoms with Gasteiger partial charge in [-0.1, -0.05) is 0 Å². The maximum absolute atomic E-state index is 12.4. The van der Waals surface area contributed by atoms with E-state index in [1.54, 1.807) is 4.57 Å². The van der Waals surface area contributed by atoms with Crippen LogP contribution in [0.3, 0.4) is 0 Å². The Bertz CT molecular complexity index is 615. The SMILES string of the molecule is O=C(O)c1cn(C2CCOCC2)c(=O)cc1NC1CCOCC1. The molecule has 0 radical (unpaired) electrons. The van der Waals surface area contributed by atoms with Crippen LogP contribution in [0.1, 0.15) is 42.1 Å². The Balaban J connectivity index is 1.88. The van der Waals surface area contributed by atoms with Gasteiger partial charge in [0.2, 0.25) is 0 Å². The highest BCUT2D eigenvalue weighted by atomic mass is 16.5. The number of ether oxygens (including phenoxy) is 2. The molecule has 2 N–H and O–H groups in total. The largest absolute Gasteiger partial charge is 0.478 e. The van der Waals surface area contributed by atoms with Crippen molar-refractivity contribution in [1.82, 2.24) is 4.57 Å². The molecule has 0 saturated carbocycles. The highest BCUT2D eigenvalue weighted by Gasteiger charge is 2.22. The molecule has 0 aromatic carbocycles. The van der Waals surface area contributed by atoms with E-state index in [-0.39, 0.29) is 23.2 Å².